The molecule has 0 radical (unpaired) electrons. The number of guanidine groups is 1. The topological polar surface area (TPSA) is 58.5 Å². The Balaban J connectivity index is 0.00000338. The van der Waals surface area contributed by atoms with Crippen molar-refractivity contribution in [2.24, 2.45) is 4.99 Å². The largest absolute Gasteiger partial charge is 0.497 e. The van der Waals surface area contributed by atoms with Gasteiger partial charge in [-0.3, -0.25) is 4.99 Å². The van der Waals surface area contributed by atoms with E-state index in [1.54, 1.807) is 25.5 Å². The van der Waals surface area contributed by atoms with E-state index in [1.165, 1.54) is 0 Å². The molecule has 0 unspecified atom stereocenters. The van der Waals surface area contributed by atoms with Crippen LogP contribution in [0.1, 0.15) is 37.0 Å². The molecule has 0 amide bonds. The van der Waals surface area contributed by atoms with Crippen molar-refractivity contribution in [1.82, 2.24) is 15.6 Å². The normalized spacial score (nSPS) is 11.7. The van der Waals surface area contributed by atoms with Crippen LogP contribution in [0.25, 0.3) is 0 Å². The summed E-state index contributed by atoms with van der Waals surface area (Å²) in [5.74, 6) is 1.65. The molecule has 26 heavy (non-hydrogen) atoms. The lowest BCUT2D eigenvalue weighted by atomic mass is 9.93. The zero-order valence-corrected chi connectivity index (χ0v) is 19.3. The van der Waals surface area contributed by atoms with E-state index in [9.17, 15) is 0 Å². The minimum Gasteiger partial charge on any atom is -0.497 e. The van der Waals surface area contributed by atoms with Gasteiger partial charge in [0.25, 0.3) is 0 Å². The van der Waals surface area contributed by atoms with Gasteiger partial charge in [-0.05, 0) is 17.7 Å². The van der Waals surface area contributed by atoms with Crippen molar-refractivity contribution in [2.45, 2.75) is 39.2 Å². The van der Waals surface area contributed by atoms with Crippen molar-refractivity contribution in [3.8, 4) is 5.75 Å². The second kappa shape index (κ2) is 10.7. The van der Waals surface area contributed by atoms with Gasteiger partial charge in [0.1, 0.15) is 5.75 Å². The molecule has 1 heterocycles. The summed E-state index contributed by atoms with van der Waals surface area (Å²) in [7, 11) is 3.46. The van der Waals surface area contributed by atoms with Gasteiger partial charge in [-0.25, -0.2) is 4.98 Å². The lowest BCUT2D eigenvalue weighted by molar-refractivity contribution is 0.414. The molecule has 0 aliphatic heterocycles. The van der Waals surface area contributed by atoms with E-state index in [-0.39, 0.29) is 29.4 Å². The number of aliphatic imine (C=N–C) groups is 1. The smallest absolute Gasteiger partial charge is 0.191 e. The van der Waals surface area contributed by atoms with E-state index in [0.29, 0.717) is 6.54 Å². The van der Waals surface area contributed by atoms with Crippen LogP contribution in [0.2, 0.25) is 0 Å². The first-order valence-electron chi connectivity index (χ1n) is 8.44. The maximum atomic E-state index is 5.25. The first-order valence-corrected chi connectivity index (χ1v) is 9.32. The molecular weight excluding hydrogens is 459 g/mol. The molecule has 5 nitrogen and oxygen atoms in total. The summed E-state index contributed by atoms with van der Waals surface area (Å²) in [5, 5.41) is 9.97. The summed E-state index contributed by atoms with van der Waals surface area (Å²) in [6.07, 6.45) is 0.889. The fourth-order valence-corrected chi connectivity index (χ4v) is 3.27. The van der Waals surface area contributed by atoms with Crippen LogP contribution in [-0.4, -0.2) is 31.6 Å². The van der Waals surface area contributed by atoms with Gasteiger partial charge in [0.2, 0.25) is 0 Å². The quantitative estimate of drug-likeness (QED) is 0.367. The maximum absolute atomic E-state index is 5.25. The summed E-state index contributed by atoms with van der Waals surface area (Å²) < 4.78 is 5.25. The Morgan fingerprint density at radius 1 is 1.27 bits per heavy atom. The molecule has 1 aromatic carbocycles. The third-order valence-corrected chi connectivity index (χ3v) is 4.68. The Morgan fingerprint density at radius 3 is 2.65 bits per heavy atom. The number of hydrogen-bond acceptors (Lipinski definition) is 4. The lowest BCUT2D eigenvalue weighted by Crippen LogP contribution is -2.37. The van der Waals surface area contributed by atoms with E-state index in [0.717, 1.165) is 40.9 Å². The van der Waals surface area contributed by atoms with Gasteiger partial charge in [0.05, 0.1) is 17.8 Å². The van der Waals surface area contributed by atoms with Crippen molar-refractivity contribution in [1.29, 1.82) is 0 Å². The SMILES string of the molecule is CN=C(NCCc1nc(C(C)(C)C)cs1)NCc1cccc(OC)c1.I. The average molecular weight is 488 g/mol. The summed E-state index contributed by atoms with van der Waals surface area (Å²) in [6, 6.07) is 8.01. The number of ether oxygens (including phenoxy) is 1. The molecule has 144 valence electrons. The zero-order valence-electron chi connectivity index (χ0n) is 16.1. The molecular formula is C19H29IN4OS. The standard InChI is InChI=1S/C19H28N4OS.HI/c1-19(2,3)16-13-25-17(23-16)9-10-21-18(20-4)22-12-14-7-6-8-15(11-14)24-5;/h6-8,11,13H,9-10,12H2,1-5H3,(H2,20,21,22);1H. The third-order valence-electron chi connectivity index (χ3n) is 3.77. The first kappa shape index (κ1) is 22.7. The number of aromatic nitrogens is 1. The molecule has 0 saturated carbocycles. The van der Waals surface area contributed by atoms with E-state index in [4.69, 9.17) is 9.72 Å². The molecule has 0 spiro atoms. The number of halogens is 1. The van der Waals surface area contributed by atoms with Crippen LogP contribution in [0.4, 0.5) is 0 Å². The Morgan fingerprint density at radius 2 is 2.04 bits per heavy atom. The van der Waals surface area contributed by atoms with Gasteiger partial charge in [0, 0.05) is 37.4 Å². The highest BCUT2D eigenvalue weighted by molar-refractivity contribution is 14.0. The number of nitrogens with zero attached hydrogens (tertiary/aromatic N) is 2. The van der Waals surface area contributed by atoms with Gasteiger partial charge in [-0.2, -0.15) is 0 Å². The number of hydrogen-bond donors (Lipinski definition) is 2. The summed E-state index contributed by atoms with van der Waals surface area (Å²) in [4.78, 5) is 8.99. The molecule has 1 aromatic heterocycles. The van der Waals surface area contributed by atoms with E-state index in [1.807, 2.05) is 18.2 Å². The van der Waals surface area contributed by atoms with Crippen LogP contribution < -0.4 is 15.4 Å². The minimum atomic E-state index is 0. The van der Waals surface area contributed by atoms with Gasteiger partial charge in [0.15, 0.2) is 5.96 Å². The predicted octanol–water partition coefficient (Wildman–Crippen LogP) is 3.97. The molecule has 2 rings (SSSR count). The van der Waals surface area contributed by atoms with Crippen LogP contribution in [0.5, 0.6) is 5.75 Å². The van der Waals surface area contributed by atoms with Crippen LogP contribution >= 0.6 is 35.3 Å². The monoisotopic (exact) mass is 488 g/mol. The summed E-state index contributed by atoms with van der Waals surface area (Å²) in [6.45, 7) is 8.06. The summed E-state index contributed by atoms with van der Waals surface area (Å²) >= 11 is 1.72. The zero-order chi connectivity index (χ0) is 18.3. The van der Waals surface area contributed by atoms with Crippen LogP contribution in [0, 0.1) is 0 Å². The maximum Gasteiger partial charge on any atom is 0.191 e. The van der Waals surface area contributed by atoms with Crippen molar-refractivity contribution < 1.29 is 4.74 Å². The second-order valence-corrected chi connectivity index (χ2v) is 7.77. The Bertz CT molecular complexity index is 710. The highest BCUT2D eigenvalue weighted by atomic mass is 127. The van der Waals surface area contributed by atoms with Crippen molar-refractivity contribution in [2.75, 3.05) is 20.7 Å². The molecule has 0 aliphatic rings. The second-order valence-electron chi connectivity index (χ2n) is 6.83. The number of thiazole rings is 1. The number of rotatable bonds is 6. The van der Waals surface area contributed by atoms with Gasteiger partial charge >= 0.3 is 0 Å². The van der Waals surface area contributed by atoms with Gasteiger partial charge < -0.3 is 15.4 Å². The van der Waals surface area contributed by atoms with Crippen LogP contribution in [-0.2, 0) is 18.4 Å². The molecule has 7 heteroatoms. The Hall–Kier alpha value is -1.35. The summed E-state index contributed by atoms with van der Waals surface area (Å²) in [5.41, 5.74) is 2.42. The average Bonchev–Trinajstić information content (AvgIpc) is 3.07. The molecule has 0 atom stereocenters. The number of nitrogens with one attached hydrogen (secondary N) is 2. The first-order chi connectivity index (χ1) is 11.9. The lowest BCUT2D eigenvalue weighted by Gasteiger charge is -2.14. The van der Waals surface area contributed by atoms with Crippen LogP contribution in [0.15, 0.2) is 34.6 Å². The van der Waals surface area contributed by atoms with Crippen LogP contribution in [0.3, 0.4) is 0 Å². The number of benzene rings is 1. The van der Waals surface area contributed by atoms with Gasteiger partial charge in [-0.15, -0.1) is 35.3 Å². The Labute approximate surface area is 177 Å². The molecule has 2 aromatic rings. The predicted molar refractivity (Wildman–Crippen MR) is 121 cm³/mol. The van der Waals surface area contributed by atoms with Crippen molar-refractivity contribution >= 4 is 41.3 Å². The van der Waals surface area contributed by atoms with Gasteiger partial charge in [-0.1, -0.05) is 32.9 Å². The third kappa shape index (κ3) is 7.11. The molecule has 0 saturated heterocycles. The molecule has 2 N–H and O–H groups in total. The van der Waals surface area contributed by atoms with E-state index >= 15 is 0 Å². The fraction of sp³-hybridized carbons (Fsp3) is 0.474. The molecule has 0 aliphatic carbocycles. The van der Waals surface area contributed by atoms with Crippen molar-refractivity contribution in [3.05, 3.63) is 45.9 Å². The number of methoxy groups -OCH3 is 1. The Kier molecular flexibility index (Phi) is 9.35. The van der Waals surface area contributed by atoms with E-state index < -0.39 is 0 Å². The molecule has 0 bridgehead atoms. The fourth-order valence-electron chi connectivity index (χ4n) is 2.25. The highest BCUT2D eigenvalue weighted by Gasteiger charge is 2.17. The van der Waals surface area contributed by atoms with Crippen molar-refractivity contribution in [3.63, 3.8) is 0 Å². The highest BCUT2D eigenvalue weighted by Crippen LogP contribution is 2.23. The van der Waals surface area contributed by atoms with E-state index in [2.05, 4.69) is 47.8 Å². The molecule has 0 fully saturated rings. The minimum absolute atomic E-state index is 0.